The van der Waals surface area contributed by atoms with Gasteiger partial charge in [-0.15, -0.1) is 11.6 Å². The molecule has 1 aliphatic rings. The molecule has 0 atom stereocenters. The van der Waals surface area contributed by atoms with E-state index in [1.807, 2.05) is 4.68 Å². The zero-order valence-corrected chi connectivity index (χ0v) is 12.1. The van der Waals surface area contributed by atoms with Crippen LogP contribution in [0.4, 0.5) is 0 Å². The molecule has 18 heavy (non-hydrogen) atoms. The molecule has 0 saturated heterocycles. The lowest BCUT2D eigenvalue weighted by molar-refractivity contribution is 0.252. The third kappa shape index (κ3) is 3.04. The first-order valence-corrected chi connectivity index (χ1v) is 7.40. The molecule has 2 rings (SSSR count). The molecule has 1 fully saturated rings. The van der Waals surface area contributed by atoms with E-state index in [0.29, 0.717) is 11.9 Å². The Morgan fingerprint density at radius 1 is 1.39 bits per heavy atom. The van der Waals surface area contributed by atoms with Crippen LogP contribution in [0, 0.1) is 0 Å². The van der Waals surface area contributed by atoms with Crippen molar-refractivity contribution in [3.05, 3.63) is 12.2 Å². The second kappa shape index (κ2) is 6.02. The molecule has 0 spiro atoms. The minimum Gasteiger partial charge on any atom is -0.303 e. The van der Waals surface area contributed by atoms with Gasteiger partial charge in [-0.25, -0.2) is 9.67 Å². The summed E-state index contributed by atoms with van der Waals surface area (Å²) in [6.45, 7) is 5.00. The Morgan fingerprint density at radius 3 is 2.72 bits per heavy atom. The first-order chi connectivity index (χ1) is 8.67. The van der Waals surface area contributed by atoms with Crippen LogP contribution < -0.4 is 5.32 Å². The number of nitrogens with one attached hydrogen (secondary N) is 1. The fourth-order valence-corrected chi connectivity index (χ4v) is 3.05. The van der Waals surface area contributed by atoms with Gasteiger partial charge in [0.25, 0.3) is 0 Å². The summed E-state index contributed by atoms with van der Waals surface area (Å²) in [5.74, 6) is 1.68. The zero-order chi connectivity index (χ0) is 13.0. The lowest BCUT2D eigenvalue weighted by Gasteiger charge is -2.36. The number of hydrogen-bond donors (Lipinski definition) is 1. The number of halogens is 1. The van der Waals surface area contributed by atoms with Crippen LogP contribution in [0.25, 0.3) is 0 Å². The fourth-order valence-electron chi connectivity index (χ4n) is 2.68. The molecule has 0 aromatic carbocycles. The van der Waals surface area contributed by atoms with E-state index in [1.54, 1.807) is 6.33 Å². The van der Waals surface area contributed by atoms with Crippen LogP contribution in [0.2, 0.25) is 0 Å². The highest BCUT2D eigenvalue weighted by Crippen LogP contribution is 2.29. The third-order valence-electron chi connectivity index (χ3n) is 3.82. The Kier molecular flexibility index (Phi) is 4.62. The van der Waals surface area contributed by atoms with E-state index < -0.39 is 0 Å². The number of nitrogens with zero attached hydrogens (tertiary/aromatic N) is 3. The third-order valence-corrected chi connectivity index (χ3v) is 4.34. The molecule has 1 N–H and O–H groups in total. The van der Waals surface area contributed by atoms with E-state index in [4.69, 9.17) is 11.6 Å². The quantitative estimate of drug-likeness (QED) is 0.837. The van der Waals surface area contributed by atoms with Gasteiger partial charge in [0.05, 0.1) is 6.54 Å². The topological polar surface area (TPSA) is 42.7 Å². The Balaban J connectivity index is 1.99. The summed E-state index contributed by atoms with van der Waals surface area (Å²) in [6.07, 6.45) is 7.86. The summed E-state index contributed by atoms with van der Waals surface area (Å²) in [5, 5.41) is 7.89. The van der Waals surface area contributed by atoms with Crippen LogP contribution in [0.5, 0.6) is 0 Å². The van der Waals surface area contributed by atoms with Crippen LogP contribution in [-0.2, 0) is 6.54 Å². The standard InChI is InChI=1S/C13H23ClN4/c1-11(2)18-12(15-10-17-18)8-16-13(9-14)6-4-3-5-7-13/h10-11,16H,3-9H2,1-2H3. The summed E-state index contributed by atoms with van der Waals surface area (Å²) in [6, 6.07) is 0.350. The number of alkyl halides is 1. The molecule has 1 aliphatic carbocycles. The molecule has 0 amide bonds. The van der Waals surface area contributed by atoms with Crippen molar-refractivity contribution in [2.24, 2.45) is 0 Å². The van der Waals surface area contributed by atoms with E-state index in [0.717, 1.165) is 12.4 Å². The number of hydrogen-bond acceptors (Lipinski definition) is 3. The fraction of sp³-hybridized carbons (Fsp3) is 0.846. The molecule has 0 bridgehead atoms. The smallest absolute Gasteiger partial charge is 0.141 e. The Hall–Kier alpha value is -0.610. The minimum atomic E-state index is 0.105. The van der Waals surface area contributed by atoms with Crippen molar-refractivity contribution in [3.8, 4) is 0 Å². The van der Waals surface area contributed by atoms with Gasteiger partial charge in [-0.05, 0) is 26.7 Å². The van der Waals surface area contributed by atoms with Crippen molar-refractivity contribution < 1.29 is 0 Å². The molecule has 0 radical (unpaired) electrons. The van der Waals surface area contributed by atoms with Gasteiger partial charge in [-0.3, -0.25) is 0 Å². The molecule has 0 unspecified atom stereocenters. The van der Waals surface area contributed by atoms with Crippen molar-refractivity contribution in [2.45, 2.75) is 64.1 Å². The summed E-state index contributed by atoms with van der Waals surface area (Å²) < 4.78 is 1.97. The largest absolute Gasteiger partial charge is 0.303 e. The molecule has 102 valence electrons. The second-order valence-electron chi connectivity index (χ2n) is 5.54. The Bertz CT molecular complexity index is 369. The SMILES string of the molecule is CC(C)n1ncnc1CNC1(CCl)CCCCC1. The summed E-state index contributed by atoms with van der Waals surface area (Å²) in [5.41, 5.74) is 0.105. The number of aromatic nitrogens is 3. The average Bonchev–Trinajstić information content (AvgIpc) is 2.86. The van der Waals surface area contributed by atoms with Gasteiger partial charge in [0.1, 0.15) is 12.2 Å². The molecule has 1 heterocycles. The van der Waals surface area contributed by atoms with Crippen LogP contribution in [0.1, 0.15) is 57.8 Å². The van der Waals surface area contributed by atoms with E-state index in [9.17, 15) is 0 Å². The molecule has 1 saturated carbocycles. The maximum atomic E-state index is 6.17. The zero-order valence-electron chi connectivity index (χ0n) is 11.3. The van der Waals surface area contributed by atoms with Crippen molar-refractivity contribution in [2.75, 3.05) is 5.88 Å². The normalized spacial score (nSPS) is 19.3. The Labute approximate surface area is 114 Å². The highest BCUT2D eigenvalue weighted by molar-refractivity contribution is 6.18. The van der Waals surface area contributed by atoms with Crippen LogP contribution in [-0.4, -0.2) is 26.2 Å². The summed E-state index contributed by atoms with van der Waals surface area (Å²) in [7, 11) is 0. The van der Waals surface area contributed by atoms with Gasteiger partial charge < -0.3 is 5.32 Å². The molecule has 1 aromatic rings. The molecule has 1 aromatic heterocycles. The van der Waals surface area contributed by atoms with Gasteiger partial charge in [0.15, 0.2) is 0 Å². The van der Waals surface area contributed by atoms with Gasteiger partial charge >= 0.3 is 0 Å². The van der Waals surface area contributed by atoms with Crippen LogP contribution in [0.3, 0.4) is 0 Å². The lowest BCUT2D eigenvalue weighted by Crippen LogP contribution is -2.48. The maximum absolute atomic E-state index is 6.17. The van der Waals surface area contributed by atoms with E-state index in [2.05, 4.69) is 29.2 Å². The molecule has 0 aliphatic heterocycles. The van der Waals surface area contributed by atoms with Crippen molar-refractivity contribution in [1.82, 2.24) is 20.1 Å². The first kappa shape index (κ1) is 13.8. The second-order valence-corrected chi connectivity index (χ2v) is 5.81. The maximum Gasteiger partial charge on any atom is 0.141 e. The van der Waals surface area contributed by atoms with Crippen LogP contribution >= 0.6 is 11.6 Å². The van der Waals surface area contributed by atoms with E-state index >= 15 is 0 Å². The van der Waals surface area contributed by atoms with Gasteiger partial charge in [0, 0.05) is 17.5 Å². The molecular formula is C13H23ClN4. The molecule has 4 nitrogen and oxygen atoms in total. The minimum absolute atomic E-state index is 0.105. The van der Waals surface area contributed by atoms with Crippen molar-refractivity contribution in [1.29, 1.82) is 0 Å². The molecular weight excluding hydrogens is 248 g/mol. The molecule has 5 heteroatoms. The van der Waals surface area contributed by atoms with E-state index in [-0.39, 0.29) is 5.54 Å². The summed E-state index contributed by atoms with van der Waals surface area (Å²) >= 11 is 6.17. The highest BCUT2D eigenvalue weighted by Gasteiger charge is 2.30. The van der Waals surface area contributed by atoms with Crippen molar-refractivity contribution in [3.63, 3.8) is 0 Å². The van der Waals surface area contributed by atoms with Gasteiger partial charge in [0.2, 0.25) is 0 Å². The first-order valence-electron chi connectivity index (χ1n) is 6.86. The average molecular weight is 271 g/mol. The lowest BCUT2D eigenvalue weighted by atomic mass is 9.83. The van der Waals surface area contributed by atoms with Gasteiger partial charge in [-0.2, -0.15) is 5.10 Å². The monoisotopic (exact) mass is 270 g/mol. The van der Waals surface area contributed by atoms with Crippen molar-refractivity contribution >= 4 is 11.6 Å². The van der Waals surface area contributed by atoms with Crippen LogP contribution in [0.15, 0.2) is 6.33 Å². The predicted molar refractivity (Wildman–Crippen MR) is 73.8 cm³/mol. The number of rotatable bonds is 5. The van der Waals surface area contributed by atoms with Gasteiger partial charge in [-0.1, -0.05) is 19.3 Å². The summed E-state index contributed by atoms with van der Waals surface area (Å²) in [4.78, 5) is 4.33. The van der Waals surface area contributed by atoms with E-state index in [1.165, 1.54) is 32.1 Å². The highest BCUT2D eigenvalue weighted by atomic mass is 35.5. The Morgan fingerprint density at radius 2 is 2.11 bits per heavy atom. The predicted octanol–water partition coefficient (Wildman–Crippen LogP) is 2.89.